The molecule has 1 saturated carbocycles. The van der Waals surface area contributed by atoms with Crippen LogP contribution in [0.1, 0.15) is 30.9 Å². The number of halogens is 3. The lowest BCUT2D eigenvalue weighted by Gasteiger charge is -2.25. The summed E-state index contributed by atoms with van der Waals surface area (Å²) in [4.78, 5) is 11.9. The minimum absolute atomic E-state index is 0.0480. The van der Waals surface area contributed by atoms with Crippen LogP contribution in [-0.2, 0) is 6.18 Å². The first kappa shape index (κ1) is 15.6. The molecular formula is C15H13F3N6O. The molecule has 3 heterocycles. The first-order valence-electron chi connectivity index (χ1n) is 7.63. The number of nitrogens with zero attached hydrogens (tertiary/aromatic N) is 5. The third kappa shape index (κ3) is 2.73. The molecule has 0 atom stereocenters. The van der Waals surface area contributed by atoms with Crippen LogP contribution >= 0.6 is 0 Å². The second kappa shape index (κ2) is 5.57. The van der Waals surface area contributed by atoms with Gasteiger partial charge < -0.3 is 10.5 Å². The number of nitrogens with two attached hydrogens (primary N) is 1. The molecule has 1 fully saturated rings. The predicted molar refractivity (Wildman–Crippen MR) is 81.9 cm³/mol. The number of fused-ring (bicyclic) bond motifs is 1. The Bertz CT molecular complexity index is 935. The van der Waals surface area contributed by atoms with Gasteiger partial charge in [0.2, 0.25) is 5.88 Å². The van der Waals surface area contributed by atoms with Crippen molar-refractivity contribution in [2.24, 2.45) is 0 Å². The van der Waals surface area contributed by atoms with E-state index in [0.29, 0.717) is 11.0 Å². The van der Waals surface area contributed by atoms with Crippen LogP contribution in [0.25, 0.3) is 11.0 Å². The predicted octanol–water partition coefficient (Wildman–Crippen LogP) is 3.34. The van der Waals surface area contributed by atoms with E-state index in [4.69, 9.17) is 10.5 Å². The van der Waals surface area contributed by atoms with Gasteiger partial charge in [0.15, 0.2) is 5.65 Å². The Morgan fingerprint density at radius 1 is 1.20 bits per heavy atom. The monoisotopic (exact) mass is 350 g/mol. The van der Waals surface area contributed by atoms with Crippen molar-refractivity contribution in [1.29, 1.82) is 0 Å². The van der Waals surface area contributed by atoms with Gasteiger partial charge in [-0.3, -0.25) is 0 Å². The molecule has 1 aliphatic carbocycles. The second-order valence-corrected chi connectivity index (χ2v) is 5.77. The average molecular weight is 350 g/mol. The van der Waals surface area contributed by atoms with Gasteiger partial charge >= 0.3 is 6.18 Å². The van der Waals surface area contributed by atoms with Crippen molar-refractivity contribution >= 4 is 16.9 Å². The summed E-state index contributed by atoms with van der Waals surface area (Å²) < 4.78 is 45.7. The first-order valence-corrected chi connectivity index (χ1v) is 7.63. The summed E-state index contributed by atoms with van der Waals surface area (Å²) >= 11 is 0. The van der Waals surface area contributed by atoms with Crippen LogP contribution < -0.4 is 10.5 Å². The fourth-order valence-electron chi connectivity index (χ4n) is 2.66. The molecular weight excluding hydrogens is 337 g/mol. The number of hydrogen-bond donors (Lipinski definition) is 1. The minimum atomic E-state index is -4.49. The molecule has 0 spiro atoms. The van der Waals surface area contributed by atoms with E-state index >= 15 is 0 Å². The fourth-order valence-corrected chi connectivity index (χ4v) is 2.66. The summed E-state index contributed by atoms with van der Waals surface area (Å²) in [6, 6.07) is 1.85. The Balaban J connectivity index is 1.77. The Labute approximate surface area is 139 Å². The zero-order chi connectivity index (χ0) is 17.6. The molecule has 2 N–H and O–H groups in total. The highest BCUT2D eigenvalue weighted by Crippen LogP contribution is 2.38. The number of alkyl halides is 3. The van der Waals surface area contributed by atoms with Crippen molar-refractivity contribution in [3.63, 3.8) is 0 Å². The molecule has 0 radical (unpaired) electrons. The van der Waals surface area contributed by atoms with Gasteiger partial charge in [0.05, 0.1) is 11.6 Å². The van der Waals surface area contributed by atoms with Crippen LogP contribution in [0, 0.1) is 0 Å². The highest BCUT2D eigenvalue weighted by Gasteiger charge is 2.31. The molecule has 10 heteroatoms. The van der Waals surface area contributed by atoms with Crippen LogP contribution in [0.3, 0.4) is 0 Å². The topological polar surface area (TPSA) is 91.7 Å². The van der Waals surface area contributed by atoms with Gasteiger partial charge in [0, 0.05) is 12.3 Å². The Morgan fingerprint density at radius 2 is 2.00 bits per heavy atom. The summed E-state index contributed by atoms with van der Waals surface area (Å²) in [5, 5.41) is 4.72. The summed E-state index contributed by atoms with van der Waals surface area (Å²) in [5.41, 5.74) is 5.54. The SMILES string of the molecule is Nc1ncnc2c1c(Oc1cc(C(F)(F)F)ccn1)nn2C1CCC1. The standard InChI is InChI=1S/C15H13F3N6O/c16-15(17,18)8-4-5-20-10(6-8)25-14-11-12(19)21-7-22-13(11)24(23-14)9-2-1-3-9/h4-7,9H,1-3H2,(H2,19,21,22). The number of anilines is 1. The van der Waals surface area contributed by atoms with Crippen LogP contribution in [-0.4, -0.2) is 24.7 Å². The van der Waals surface area contributed by atoms with E-state index < -0.39 is 11.7 Å². The Morgan fingerprint density at radius 3 is 2.68 bits per heavy atom. The zero-order valence-electron chi connectivity index (χ0n) is 12.9. The van der Waals surface area contributed by atoms with Gasteiger partial charge in [-0.25, -0.2) is 19.6 Å². The van der Waals surface area contributed by atoms with Crippen molar-refractivity contribution < 1.29 is 17.9 Å². The van der Waals surface area contributed by atoms with E-state index in [9.17, 15) is 13.2 Å². The van der Waals surface area contributed by atoms with E-state index in [-0.39, 0.29) is 23.6 Å². The number of nitrogen functional groups attached to an aromatic ring is 1. The molecule has 4 rings (SSSR count). The zero-order valence-corrected chi connectivity index (χ0v) is 12.9. The van der Waals surface area contributed by atoms with Crippen molar-refractivity contribution in [2.45, 2.75) is 31.5 Å². The molecule has 3 aromatic rings. The van der Waals surface area contributed by atoms with Crippen molar-refractivity contribution in [3.8, 4) is 11.8 Å². The molecule has 0 unspecified atom stereocenters. The maximum Gasteiger partial charge on any atom is 0.416 e. The lowest BCUT2D eigenvalue weighted by molar-refractivity contribution is -0.137. The van der Waals surface area contributed by atoms with E-state index in [2.05, 4.69) is 20.1 Å². The molecule has 25 heavy (non-hydrogen) atoms. The van der Waals surface area contributed by atoms with E-state index in [1.165, 1.54) is 6.33 Å². The van der Waals surface area contributed by atoms with Gasteiger partial charge in [-0.15, -0.1) is 5.10 Å². The number of hydrogen-bond acceptors (Lipinski definition) is 6. The molecule has 130 valence electrons. The number of rotatable bonds is 3. The quantitative estimate of drug-likeness (QED) is 0.779. The molecule has 3 aromatic heterocycles. The molecule has 7 nitrogen and oxygen atoms in total. The highest BCUT2D eigenvalue weighted by atomic mass is 19.4. The molecule has 0 aliphatic heterocycles. The summed E-state index contributed by atoms with van der Waals surface area (Å²) in [6.45, 7) is 0. The van der Waals surface area contributed by atoms with Gasteiger partial charge in [0.25, 0.3) is 5.88 Å². The lowest BCUT2D eigenvalue weighted by atomic mass is 9.93. The van der Waals surface area contributed by atoms with E-state index in [0.717, 1.165) is 37.6 Å². The van der Waals surface area contributed by atoms with Crippen molar-refractivity contribution in [1.82, 2.24) is 24.7 Å². The number of ether oxygens (including phenoxy) is 1. The maximum atomic E-state index is 12.8. The Hall–Kier alpha value is -2.91. The third-order valence-electron chi connectivity index (χ3n) is 4.17. The summed E-state index contributed by atoms with van der Waals surface area (Å²) in [7, 11) is 0. The first-order chi connectivity index (χ1) is 11.9. The normalized spacial score (nSPS) is 15.3. The molecule has 1 aliphatic rings. The largest absolute Gasteiger partial charge is 0.418 e. The molecule has 0 bridgehead atoms. The van der Waals surface area contributed by atoms with Gasteiger partial charge in [0.1, 0.15) is 17.5 Å². The van der Waals surface area contributed by atoms with Gasteiger partial charge in [-0.05, 0) is 25.3 Å². The molecule has 0 aromatic carbocycles. The summed E-state index contributed by atoms with van der Waals surface area (Å²) in [6.07, 6.45) is 0.836. The molecule has 0 amide bonds. The maximum absolute atomic E-state index is 12.8. The van der Waals surface area contributed by atoms with Crippen LogP contribution in [0.2, 0.25) is 0 Å². The van der Waals surface area contributed by atoms with Crippen molar-refractivity contribution in [2.75, 3.05) is 5.73 Å². The smallest absolute Gasteiger partial charge is 0.416 e. The number of aromatic nitrogens is 5. The Kier molecular flexibility index (Phi) is 3.48. The van der Waals surface area contributed by atoms with Crippen LogP contribution in [0.4, 0.5) is 19.0 Å². The molecule has 0 saturated heterocycles. The average Bonchev–Trinajstić information content (AvgIpc) is 2.85. The highest BCUT2D eigenvalue weighted by molar-refractivity contribution is 5.90. The minimum Gasteiger partial charge on any atom is -0.418 e. The van der Waals surface area contributed by atoms with Crippen LogP contribution in [0.5, 0.6) is 11.8 Å². The van der Waals surface area contributed by atoms with E-state index in [1.54, 1.807) is 4.68 Å². The fraction of sp³-hybridized carbons (Fsp3) is 0.333. The van der Waals surface area contributed by atoms with Crippen molar-refractivity contribution in [3.05, 3.63) is 30.2 Å². The lowest BCUT2D eigenvalue weighted by Crippen LogP contribution is -2.18. The van der Waals surface area contributed by atoms with Gasteiger partial charge in [-0.1, -0.05) is 0 Å². The summed E-state index contributed by atoms with van der Waals surface area (Å²) in [5.74, 6) is -0.0254. The second-order valence-electron chi connectivity index (χ2n) is 5.77. The van der Waals surface area contributed by atoms with E-state index in [1.807, 2.05) is 0 Å². The van der Waals surface area contributed by atoms with Crippen LogP contribution in [0.15, 0.2) is 24.7 Å². The third-order valence-corrected chi connectivity index (χ3v) is 4.17. The number of pyridine rings is 1. The van der Waals surface area contributed by atoms with Gasteiger partial charge in [-0.2, -0.15) is 13.2 Å².